The van der Waals surface area contributed by atoms with Crippen molar-refractivity contribution in [1.29, 1.82) is 0 Å². The second-order valence-corrected chi connectivity index (χ2v) is 4.70. The van der Waals surface area contributed by atoms with Crippen molar-refractivity contribution in [2.75, 3.05) is 0 Å². The average Bonchev–Trinajstić information content (AvgIpc) is 2.51. The molecule has 2 aliphatic rings. The second kappa shape index (κ2) is 2.75. The summed E-state index contributed by atoms with van der Waals surface area (Å²) in [6.07, 6.45) is 7.74. The Kier molecular flexibility index (Phi) is 1.64. The van der Waals surface area contributed by atoms with E-state index in [1.54, 1.807) is 11.3 Å². The first-order valence-electron chi connectivity index (χ1n) is 5.65. The number of aryl methyl sites for hydroxylation is 2. The van der Waals surface area contributed by atoms with E-state index in [0.717, 1.165) is 5.92 Å². The van der Waals surface area contributed by atoms with Gasteiger partial charge >= 0.3 is 0 Å². The van der Waals surface area contributed by atoms with Gasteiger partial charge in [0, 0.05) is 23.0 Å². The van der Waals surface area contributed by atoms with E-state index in [4.69, 9.17) is 0 Å². The molecule has 1 aromatic rings. The SMILES string of the molecule is CC1=CCC2CCCc3cc(C)n1c32. The molecule has 1 heteroatoms. The molecule has 0 saturated heterocycles. The zero-order valence-corrected chi connectivity index (χ0v) is 9.01. The fourth-order valence-electron chi connectivity index (χ4n) is 3.15. The van der Waals surface area contributed by atoms with Crippen LogP contribution in [0.3, 0.4) is 0 Å². The number of aromatic nitrogens is 1. The maximum absolute atomic E-state index is 2.47. The van der Waals surface area contributed by atoms with Crippen LogP contribution in [0.1, 0.15) is 49.1 Å². The highest BCUT2D eigenvalue weighted by molar-refractivity contribution is 5.53. The summed E-state index contributed by atoms with van der Waals surface area (Å²) < 4.78 is 2.47. The monoisotopic (exact) mass is 187 g/mol. The Bertz CT molecular complexity index is 409. The average molecular weight is 187 g/mol. The Hall–Kier alpha value is -0.980. The molecule has 0 radical (unpaired) electrons. The zero-order valence-electron chi connectivity index (χ0n) is 9.01. The predicted octanol–water partition coefficient (Wildman–Crippen LogP) is 3.48. The molecule has 14 heavy (non-hydrogen) atoms. The van der Waals surface area contributed by atoms with E-state index >= 15 is 0 Å². The quantitative estimate of drug-likeness (QED) is 0.586. The van der Waals surface area contributed by atoms with Crippen molar-refractivity contribution in [3.05, 3.63) is 29.1 Å². The van der Waals surface area contributed by atoms with Crippen LogP contribution in [0.5, 0.6) is 0 Å². The van der Waals surface area contributed by atoms with E-state index in [1.165, 1.54) is 37.1 Å². The van der Waals surface area contributed by atoms with Crippen LogP contribution in [-0.4, -0.2) is 4.57 Å². The van der Waals surface area contributed by atoms with Gasteiger partial charge in [-0.3, -0.25) is 0 Å². The van der Waals surface area contributed by atoms with E-state index in [9.17, 15) is 0 Å². The van der Waals surface area contributed by atoms with Gasteiger partial charge in [0.1, 0.15) is 0 Å². The molecular weight excluding hydrogens is 170 g/mol. The van der Waals surface area contributed by atoms with E-state index in [1.807, 2.05) is 0 Å². The van der Waals surface area contributed by atoms with Crippen LogP contribution >= 0.6 is 0 Å². The first kappa shape index (κ1) is 8.34. The molecule has 0 N–H and O–H groups in total. The largest absolute Gasteiger partial charge is 0.322 e. The van der Waals surface area contributed by atoms with Gasteiger partial charge in [0.05, 0.1) is 0 Å². The third-order valence-corrected chi connectivity index (χ3v) is 3.74. The number of hydrogen-bond acceptors (Lipinski definition) is 0. The molecular formula is C13H17N. The normalized spacial score (nSPS) is 24.4. The van der Waals surface area contributed by atoms with Crippen LogP contribution in [0.4, 0.5) is 0 Å². The van der Waals surface area contributed by atoms with Gasteiger partial charge in [-0.1, -0.05) is 6.08 Å². The van der Waals surface area contributed by atoms with Crippen molar-refractivity contribution in [2.24, 2.45) is 0 Å². The van der Waals surface area contributed by atoms with Gasteiger partial charge < -0.3 is 4.57 Å². The van der Waals surface area contributed by atoms with Gasteiger partial charge in [0.25, 0.3) is 0 Å². The summed E-state index contributed by atoms with van der Waals surface area (Å²) in [5.41, 5.74) is 6.11. The van der Waals surface area contributed by atoms with Gasteiger partial charge in [0.2, 0.25) is 0 Å². The molecule has 0 amide bonds. The van der Waals surface area contributed by atoms with Gasteiger partial charge in [0.15, 0.2) is 0 Å². The molecule has 0 bridgehead atoms. The summed E-state index contributed by atoms with van der Waals surface area (Å²) in [6, 6.07) is 2.39. The van der Waals surface area contributed by atoms with E-state index < -0.39 is 0 Å². The summed E-state index contributed by atoms with van der Waals surface area (Å²) in [7, 11) is 0. The lowest BCUT2D eigenvalue weighted by Crippen LogP contribution is -2.17. The van der Waals surface area contributed by atoms with Crippen molar-refractivity contribution in [1.82, 2.24) is 4.57 Å². The lowest BCUT2D eigenvalue weighted by molar-refractivity contribution is 0.527. The fraction of sp³-hybridized carbons (Fsp3) is 0.538. The summed E-state index contributed by atoms with van der Waals surface area (Å²) in [6.45, 7) is 4.47. The minimum atomic E-state index is 0.816. The summed E-state index contributed by atoms with van der Waals surface area (Å²) in [5.74, 6) is 0.816. The van der Waals surface area contributed by atoms with Crippen LogP contribution in [-0.2, 0) is 6.42 Å². The smallest absolute Gasteiger partial charge is 0.0292 e. The lowest BCUT2D eigenvalue weighted by atomic mass is 9.84. The number of rotatable bonds is 0. The molecule has 1 atom stereocenters. The third-order valence-electron chi connectivity index (χ3n) is 3.74. The van der Waals surface area contributed by atoms with Crippen LogP contribution in [0.25, 0.3) is 5.70 Å². The van der Waals surface area contributed by atoms with Crippen molar-refractivity contribution in [2.45, 2.75) is 45.4 Å². The molecule has 1 aliphatic carbocycles. The summed E-state index contributed by atoms with van der Waals surface area (Å²) in [5, 5.41) is 0. The topological polar surface area (TPSA) is 4.93 Å². The molecule has 3 rings (SSSR count). The molecule has 0 aromatic carbocycles. The Morgan fingerprint density at radius 3 is 3.07 bits per heavy atom. The van der Waals surface area contributed by atoms with Crippen molar-refractivity contribution in [3.8, 4) is 0 Å². The first-order chi connectivity index (χ1) is 6.77. The standard InChI is InChI=1S/C13H17N/c1-9-6-7-11-4-3-5-12-8-10(2)14(9)13(11)12/h6,8,11H,3-5,7H2,1-2H3. The Morgan fingerprint density at radius 2 is 2.21 bits per heavy atom. The Labute approximate surface area is 85.4 Å². The lowest BCUT2D eigenvalue weighted by Gasteiger charge is -2.29. The predicted molar refractivity (Wildman–Crippen MR) is 59.4 cm³/mol. The van der Waals surface area contributed by atoms with Crippen LogP contribution < -0.4 is 0 Å². The third kappa shape index (κ3) is 0.956. The molecule has 0 fully saturated rings. The molecule has 1 aromatic heterocycles. The van der Waals surface area contributed by atoms with Gasteiger partial charge in [-0.15, -0.1) is 0 Å². The van der Waals surface area contributed by atoms with E-state index in [0.29, 0.717) is 0 Å². The Balaban J connectivity index is 2.27. The van der Waals surface area contributed by atoms with Gasteiger partial charge in [-0.2, -0.15) is 0 Å². The van der Waals surface area contributed by atoms with Crippen LogP contribution in [0.2, 0.25) is 0 Å². The molecule has 1 nitrogen and oxygen atoms in total. The molecule has 1 aliphatic heterocycles. The highest BCUT2D eigenvalue weighted by Gasteiger charge is 2.27. The van der Waals surface area contributed by atoms with Crippen LogP contribution in [0.15, 0.2) is 12.1 Å². The first-order valence-corrected chi connectivity index (χ1v) is 5.65. The van der Waals surface area contributed by atoms with Crippen molar-refractivity contribution in [3.63, 3.8) is 0 Å². The second-order valence-electron chi connectivity index (χ2n) is 4.70. The number of nitrogens with zero attached hydrogens (tertiary/aromatic N) is 1. The Morgan fingerprint density at radius 1 is 1.36 bits per heavy atom. The van der Waals surface area contributed by atoms with Crippen LogP contribution in [0, 0.1) is 6.92 Å². The molecule has 74 valence electrons. The number of hydrogen-bond donors (Lipinski definition) is 0. The minimum absolute atomic E-state index is 0.816. The highest BCUT2D eigenvalue weighted by atomic mass is 15.0. The zero-order chi connectivity index (χ0) is 9.71. The summed E-state index contributed by atoms with van der Waals surface area (Å²) >= 11 is 0. The molecule has 0 spiro atoms. The number of allylic oxidation sites excluding steroid dienone is 2. The molecule has 1 unspecified atom stereocenters. The fourth-order valence-corrected chi connectivity index (χ4v) is 3.15. The highest BCUT2D eigenvalue weighted by Crippen LogP contribution is 2.40. The minimum Gasteiger partial charge on any atom is -0.322 e. The van der Waals surface area contributed by atoms with Gasteiger partial charge in [-0.05, 0) is 51.2 Å². The van der Waals surface area contributed by atoms with E-state index in [-0.39, 0.29) is 0 Å². The van der Waals surface area contributed by atoms with Crippen molar-refractivity contribution >= 4 is 5.70 Å². The maximum atomic E-state index is 2.47. The summed E-state index contributed by atoms with van der Waals surface area (Å²) in [4.78, 5) is 0. The molecule has 2 heterocycles. The maximum Gasteiger partial charge on any atom is 0.0292 e. The van der Waals surface area contributed by atoms with Crippen molar-refractivity contribution < 1.29 is 0 Å². The molecule has 0 saturated carbocycles. The van der Waals surface area contributed by atoms with E-state index in [2.05, 4.69) is 30.6 Å². The van der Waals surface area contributed by atoms with Gasteiger partial charge in [-0.25, -0.2) is 0 Å².